The van der Waals surface area contributed by atoms with E-state index in [-0.39, 0.29) is 0 Å². The quantitative estimate of drug-likeness (QED) is 0.764. The van der Waals surface area contributed by atoms with Crippen LogP contribution in [0.1, 0.15) is 50.9 Å². The Morgan fingerprint density at radius 1 is 1.26 bits per heavy atom. The van der Waals surface area contributed by atoms with Gasteiger partial charge in [-0.15, -0.1) is 0 Å². The fourth-order valence-corrected chi connectivity index (χ4v) is 2.45. The minimum atomic E-state index is 0.476. The first-order valence-corrected chi connectivity index (χ1v) is 7.45. The molecule has 19 heavy (non-hydrogen) atoms. The minimum absolute atomic E-state index is 0.476. The average Bonchev–Trinajstić information content (AvgIpc) is 2.32. The third kappa shape index (κ3) is 4.20. The Labute approximate surface area is 118 Å². The summed E-state index contributed by atoms with van der Waals surface area (Å²) in [6.45, 7) is 16.1. The smallest absolute Gasteiger partial charge is 0.133 e. The molecule has 0 radical (unpaired) electrons. The van der Waals surface area contributed by atoms with E-state index >= 15 is 0 Å². The third-order valence-electron chi connectivity index (χ3n) is 3.42. The summed E-state index contributed by atoms with van der Waals surface area (Å²) in [6, 6.07) is 2.66. The van der Waals surface area contributed by atoms with Gasteiger partial charge in [0, 0.05) is 30.4 Å². The Bertz CT molecular complexity index is 399. The topological polar surface area (TPSA) is 28.2 Å². The van der Waals surface area contributed by atoms with Crippen LogP contribution in [0.25, 0.3) is 0 Å². The van der Waals surface area contributed by atoms with E-state index in [0.717, 1.165) is 37.6 Å². The molecule has 0 aliphatic carbocycles. The Morgan fingerprint density at radius 3 is 2.47 bits per heavy atom. The van der Waals surface area contributed by atoms with Gasteiger partial charge in [0.05, 0.1) is 0 Å². The van der Waals surface area contributed by atoms with Crippen LogP contribution in [0.15, 0.2) is 6.07 Å². The second-order valence-corrected chi connectivity index (χ2v) is 5.44. The summed E-state index contributed by atoms with van der Waals surface area (Å²) in [6.07, 6.45) is 1.16. The first-order chi connectivity index (χ1) is 9.01. The molecule has 0 fully saturated rings. The number of hydrogen-bond donors (Lipinski definition) is 1. The highest BCUT2D eigenvalue weighted by Crippen LogP contribution is 2.24. The molecular weight excluding hydrogens is 234 g/mol. The molecule has 0 amide bonds. The summed E-state index contributed by atoms with van der Waals surface area (Å²) >= 11 is 0. The number of nitrogens with zero attached hydrogens (tertiary/aromatic N) is 2. The van der Waals surface area contributed by atoms with Gasteiger partial charge >= 0.3 is 0 Å². The van der Waals surface area contributed by atoms with Gasteiger partial charge in [0.25, 0.3) is 0 Å². The molecule has 1 aromatic rings. The van der Waals surface area contributed by atoms with Crippen molar-refractivity contribution in [1.29, 1.82) is 0 Å². The fourth-order valence-electron chi connectivity index (χ4n) is 2.45. The van der Waals surface area contributed by atoms with E-state index in [2.05, 4.69) is 57.8 Å². The number of aromatic nitrogens is 1. The predicted octanol–water partition coefficient (Wildman–Crippen LogP) is 3.43. The van der Waals surface area contributed by atoms with Crippen molar-refractivity contribution in [2.24, 2.45) is 0 Å². The number of rotatable bonds is 7. The molecule has 0 saturated carbocycles. The summed E-state index contributed by atoms with van der Waals surface area (Å²) in [4.78, 5) is 7.17. The lowest BCUT2D eigenvalue weighted by Crippen LogP contribution is -2.33. The van der Waals surface area contributed by atoms with Crippen molar-refractivity contribution in [1.82, 2.24) is 10.3 Å². The summed E-state index contributed by atoms with van der Waals surface area (Å²) < 4.78 is 0. The Kier molecular flexibility index (Phi) is 6.29. The standard InChI is InChI=1S/C16H29N3/c1-7-9-17-11-15-13(5)10-14(6)18-16(15)19(8-2)12(3)4/h10,12,17H,7-9,11H2,1-6H3. The molecule has 1 aromatic heterocycles. The molecule has 0 saturated heterocycles. The van der Waals surface area contributed by atoms with E-state index in [1.165, 1.54) is 11.1 Å². The number of aryl methyl sites for hydroxylation is 2. The summed E-state index contributed by atoms with van der Waals surface area (Å²) in [5.41, 5.74) is 3.78. The molecule has 0 aromatic carbocycles. The molecule has 0 bridgehead atoms. The van der Waals surface area contributed by atoms with Gasteiger partial charge in [-0.2, -0.15) is 0 Å². The fraction of sp³-hybridized carbons (Fsp3) is 0.688. The van der Waals surface area contributed by atoms with Crippen LogP contribution in [0, 0.1) is 13.8 Å². The van der Waals surface area contributed by atoms with E-state index in [4.69, 9.17) is 4.98 Å². The molecule has 1 heterocycles. The van der Waals surface area contributed by atoms with Crippen LogP contribution in [0.4, 0.5) is 5.82 Å². The second kappa shape index (κ2) is 7.49. The molecule has 3 nitrogen and oxygen atoms in total. The summed E-state index contributed by atoms with van der Waals surface area (Å²) in [7, 11) is 0. The molecule has 0 unspecified atom stereocenters. The second-order valence-electron chi connectivity index (χ2n) is 5.44. The lowest BCUT2D eigenvalue weighted by Gasteiger charge is -2.29. The van der Waals surface area contributed by atoms with Crippen LogP contribution >= 0.6 is 0 Å². The molecule has 3 heteroatoms. The van der Waals surface area contributed by atoms with Gasteiger partial charge in [0.15, 0.2) is 0 Å². The van der Waals surface area contributed by atoms with Gasteiger partial charge in [0.2, 0.25) is 0 Å². The Hall–Kier alpha value is -1.09. The first-order valence-electron chi connectivity index (χ1n) is 7.45. The highest BCUT2D eigenvalue weighted by molar-refractivity contribution is 5.52. The number of nitrogens with one attached hydrogen (secondary N) is 1. The molecule has 0 aliphatic rings. The van der Waals surface area contributed by atoms with E-state index in [0.29, 0.717) is 6.04 Å². The van der Waals surface area contributed by atoms with Gasteiger partial charge in [-0.3, -0.25) is 0 Å². The van der Waals surface area contributed by atoms with E-state index < -0.39 is 0 Å². The van der Waals surface area contributed by atoms with Crippen LogP contribution in [-0.2, 0) is 6.54 Å². The molecule has 1 rings (SSSR count). The van der Waals surface area contributed by atoms with Gasteiger partial charge in [-0.25, -0.2) is 4.98 Å². The first kappa shape index (κ1) is 16.0. The highest BCUT2D eigenvalue weighted by atomic mass is 15.2. The Morgan fingerprint density at radius 2 is 1.95 bits per heavy atom. The normalized spacial score (nSPS) is 11.1. The largest absolute Gasteiger partial charge is 0.354 e. The maximum atomic E-state index is 4.79. The SMILES string of the molecule is CCCNCc1c(C)cc(C)nc1N(CC)C(C)C. The van der Waals surface area contributed by atoms with Crippen molar-refractivity contribution in [3.05, 3.63) is 22.9 Å². The molecule has 1 N–H and O–H groups in total. The maximum absolute atomic E-state index is 4.79. The minimum Gasteiger partial charge on any atom is -0.354 e. The van der Waals surface area contributed by atoms with E-state index in [1.54, 1.807) is 0 Å². The Balaban J connectivity index is 3.11. The number of hydrogen-bond acceptors (Lipinski definition) is 3. The van der Waals surface area contributed by atoms with Crippen molar-refractivity contribution in [3.8, 4) is 0 Å². The zero-order valence-electron chi connectivity index (χ0n) is 13.4. The van der Waals surface area contributed by atoms with E-state index in [1.807, 2.05) is 0 Å². The van der Waals surface area contributed by atoms with Crippen molar-refractivity contribution in [3.63, 3.8) is 0 Å². The molecule has 0 atom stereocenters. The molecule has 108 valence electrons. The van der Waals surface area contributed by atoms with Crippen LogP contribution in [-0.4, -0.2) is 24.1 Å². The van der Waals surface area contributed by atoms with Gasteiger partial charge in [-0.1, -0.05) is 6.92 Å². The van der Waals surface area contributed by atoms with Crippen molar-refractivity contribution < 1.29 is 0 Å². The summed E-state index contributed by atoms with van der Waals surface area (Å²) in [5, 5.41) is 3.50. The zero-order valence-corrected chi connectivity index (χ0v) is 13.4. The third-order valence-corrected chi connectivity index (χ3v) is 3.42. The van der Waals surface area contributed by atoms with Crippen molar-refractivity contribution in [2.75, 3.05) is 18.0 Å². The molecule has 0 aliphatic heterocycles. The molecule has 0 spiro atoms. The van der Waals surface area contributed by atoms with Crippen LogP contribution in [0.3, 0.4) is 0 Å². The monoisotopic (exact) mass is 263 g/mol. The average molecular weight is 263 g/mol. The van der Waals surface area contributed by atoms with Gasteiger partial charge in [0.1, 0.15) is 5.82 Å². The van der Waals surface area contributed by atoms with Crippen LogP contribution in [0.5, 0.6) is 0 Å². The lowest BCUT2D eigenvalue weighted by atomic mass is 10.1. The highest BCUT2D eigenvalue weighted by Gasteiger charge is 2.16. The van der Waals surface area contributed by atoms with Crippen LogP contribution in [0.2, 0.25) is 0 Å². The van der Waals surface area contributed by atoms with Gasteiger partial charge in [-0.05, 0) is 59.2 Å². The van der Waals surface area contributed by atoms with Crippen molar-refractivity contribution in [2.45, 2.75) is 60.5 Å². The van der Waals surface area contributed by atoms with Crippen molar-refractivity contribution >= 4 is 5.82 Å². The van der Waals surface area contributed by atoms with Crippen LogP contribution < -0.4 is 10.2 Å². The molecular formula is C16H29N3. The zero-order chi connectivity index (χ0) is 14.4. The van der Waals surface area contributed by atoms with E-state index in [9.17, 15) is 0 Å². The number of pyridine rings is 1. The van der Waals surface area contributed by atoms with Gasteiger partial charge < -0.3 is 10.2 Å². The number of anilines is 1. The lowest BCUT2D eigenvalue weighted by molar-refractivity contribution is 0.651. The predicted molar refractivity (Wildman–Crippen MR) is 83.9 cm³/mol. The maximum Gasteiger partial charge on any atom is 0.133 e. The summed E-state index contributed by atoms with van der Waals surface area (Å²) in [5.74, 6) is 1.15.